The SMILES string of the molecule is CC(C)C[C@@H]1NC(=O)[C@H](CCCCN)n2cc(nn2)CNC(=O)[C@H](CCC(=O)O)NC(=O)[C@H](C)NC(=O)[C@H](Cc2ccccc2)NC(=O)[C@H](Cc2ccccc2)NC(=O)[C@H](C(C)C)NC(=O)[C@H](CC(C)C)NC(=O)[C@H](CCCCN)n2cc(nn2)CNC(=O)[C@H](CCC(=O)O)NC(=O)[C@H](C)NC(=O)[C@H](Cc2ccccc2)NC(=O)[C@H](Cc2ccccc2)NC(=O)[C@H](C(C)C)NC1=O. The summed E-state index contributed by atoms with van der Waals surface area (Å²) in [4.78, 5) is 230. The van der Waals surface area contributed by atoms with Gasteiger partial charge in [0.15, 0.2) is 0 Å². The van der Waals surface area contributed by atoms with Crippen LogP contribution in [-0.2, 0) is 115 Å². The second-order valence-electron chi connectivity index (χ2n) is 34.7. The highest BCUT2D eigenvalue weighted by Gasteiger charge is 2.40. The van der Waals surface area contributed by atoms with Crippen LogP contribution in [0.2, 0.25) is 0 Å². The predicted octanol–water partition coefficient (Wildman–Crippen LogP) is 1.12. The van der Waals surface area contributed by atoms with Gasteiger partial charge in [-0.2, -0.15) is 0 Å². The van der Waals surface area contributed by atoms with Crippen LogP contribution >= 0.6 is 0 Å². The van der Waals surface area contributed by atoms with E-state index < -0.39 is 217 Å². The summed E-state index contributed by atoms with van der Waals surface area (Å²) >= 11 is 0. The van der Waals surface area contributed by atoms with Crippen molar-refractivity contribution < 1.29 is 86.9 Å². The zero-order valence-electron chi connectivity index (χ0n) is 76.5. The van der Waals surface area contributed by atoms with Gasteiger partial charge in [-0.3, -0.25) is 76.7 Å². The molecule has 14 amide bonds. The Morgan fingerprint density at radius 3 is 0.894 bits per heavy atom. The average molecular weight is 1830 g/mol. The fourth-order valence-electron chi connectivity index (χ4n) is 14.7. The minimum atomic E-state index is -1.55. The van der Waals surface area contributed by atoms with Gasteiger partial charge in [0.2, 0.25) is 82.7 Å². The molecule has 0 unspecified atom stereocenters. The highest BCUT2D eigenvalue weighted by Crippen LogP contribution is 2.22. The molecule has 716 valence electrons. The molecule has 20 N–H and O–H groups in total. The van der Waals surface area contributed by atoms with E-state index in [1.807, 2.05) is 27.7 Å². The van der Waals surface area contributed by atoms with Crippen molar-refractivity contribution in [2.75, 3.05) is 13.1 Å². The fraction of sp³-hybridized carbons (Fsp3) is 0.522. The van der Waals surface area contributed by atoms with Crippen LogP contribution in [0.15, 0.2) is 134 Å². The van der Waals surface area contributed by atoms with E-state index in [1.54, 1.807) is 149 Å². The number of unbranched alkanes of at least 4 members (excludes halogenated alkanes) is 2. The molecular weight excluding hydrogens is 1700 g/mol. The van der Waals surface area contributed by atoms with E-state index in [9.17, 15) is 77.3 Å². The molecule has 4 aromatic carbocycles. The number of nitrogens with two attached hydrogens (primary N) is 2. The molecule has 0 saturated carbocycles. The van der Waals surface area contributed by atoms with Gasteiger partial charge in [-0.1, -0.05) is 187 Å². The van der Waals surface area contributed by atoms with Gasteiger partial charge in [-0.25, -0.2) is 9.36 Å². The minimum absolute atomic E-state index is 0.0462. The molecule has 3 heterocycles. The van der Waals surface area contributed by atoms with Gasteiger partial charge in [0.25, 0.3) is 0 Å². The van der Waals surface area contributed by atoms with Crippen molar-refractivity contribution in [2.45, 2.75) is 270 Å². The highest BCUT2D eigenvalue weighted by molar-refractivity contribution is 6.00. The van der Waals surface area contributed by atoms with E-state index in [-0.39, 0.29) is 101 Å². The summed E-state index contributed by atoms with van der Waals surface area (Å²) in [5.41, 5.74) is 14.3. The summed E-state index contributed by atoms with van der Waals surface area (Å²) in [7, 11) is 0. The van der Waals surface area contributed by atoms with Crippen molar-refractivity contribution in [1.29, 1.82) is 0 Å². The van der Waals surface area contributed by atoms with Gasteiger partial charge in [0.1, 0.15) is 96.0 Å². The maximum absolute atomic E-state index is 15.0. The number of carboxylic acids is 2. The lowest BCUT2D eigenvalue weighted by Gasteiger charge is -2.29. The standard InChI is InChI=1S/C92H130N22O18/c1-53(2)43-67-87(127)107-77(55(5)6)91(131)105-71(47-61-31-19-13-20-32-61)85(125)101-69(45-59-27-15-11-16-28-59)83(123)97-57(9)80(120)100-66(38-40-76(117)118)82(122)96-50-64-52-114(112-110-64)74(36-24-26-42-94)90(130)104-68(44-54(3)4)88(128)108-78(56(7)8)92(132)106-72(48-62-33-21-14-22-34-62)86(126)102-70(46-60-29-17-12-18-30-60)84(124)98-58(10)79(119)99-65(37-39-75(115)116)81(121)95-49-63-51-113(111-109-63)73(89(129)103-67)35-23-25-41-93/h11-22,27-34,51-58,65-74,77-78H,23-26,35-50,93-94H2,1-10H3,(H,95,121)(H,96,122)(H,97,123)(H,98,124)(H,99,119)(H,100,120)(H,101,125)(H,102,126)(H,103,129)(H,104,130)(H,105,131)(H,106,132)(H,107,127)(H,108,128)(H,115,116)(H,117,118)/t57-,58-,65-,66-,67-,68-,69-,70-,71-,72-,73-,74-,77-,78-/m0/s1. The van der Waals surface area contributed by atoms with Crippen molar-refractivity contribution in [3.63, 3.8) is 0 Å². The molecule has 0 fully saturated rings. The lowest BCUT2D eigenvalue weighted by molar-refractivity contribution is -0.139. The number of nitrogens with one attached hydrogen (secondary N) is 14. The number of fused-ring (bicyclic) bond motifs is 4. The first kappa shape index (κ1) is 106. The molecule has 0 spiro atoms. The number of hydrogen-bond donors (Lipinski definition) is 18. The maximum Gasteiger partial charge on any atom is 0.303 e. The van der Waals surface area contributed by atoms with Crippen molar-refractivity contribution in [2.24, 2.45) is 35.1 Å². The van der Waals surface area contributed by atoms with Gasteiger partial charge >= 0.3 is 11.9 Å². The van der Waals surface area contributed by atoms with E-state index in [1.165, 1.54) is 35.6 Å². The summed E-state index contributed by atoms with van der Waals surface area (Å²) in [6.07, 6.45) is 1.97. The Balaban J connectivity index is 1.25. The highest BCUT2D eigenvalue weighted by atomic mass is 16.4. The Morgan fingerprint density at radius 1 is 0.341 bits per heavy atom. The number of nitrogens with zero attached hydrogens (tertiary/aromatic N) is 6. The van der Waals surface area contributed by atoms with Gasteiger partial charge in [0.05, 0.1) is 25.5 Å². The molecular formula is C92H130N22O18. The fourth-order valence-corrected chi connectivity index (χ4v) is 14.7. The molecule has 14 atom stereocenters. The van der Waals surface area contributed by atoms with E-state index >= 15 is 9.59 Å². The number of carboxylic acid groups (broad SMARTS) is 2. The first-order chi connectivity index (χ1) is 62.9. The monoisotopic (exact) mass is 1830 g/mol. The van der Waals surface area contributed by atoms with Crippen molar-refractivity contribution >= 4 is 94.6 Å². The van der Waals surface area contributed by atoms with Crippen LogP contribution < -0.4 is 85.9 Å². The lowest BCUT2D eigenvalue weighted by atomic mass is 9.98. The maximum atomic E-state index is 15.0. The zero-order valence-corrected chi connectivity index (χ0v) is 76.5. The first-order valence-corrected chi connectivity index (χ1v) is 44.9. The molecule has 0 saturated heterocycles. The molecule has 4 bridgehead atoms. The number of rotatable bonds is 28. The van der Waals surface area contributed by atoms with Crippen molar-refractivity contribution in [3.05, 3.63) is 167 Å². The Labute approximate surface area is 767 Å². The van der Waals surface area contributed by atoms with Crippen LogP contribution in [0.4, 0.5) is 0 Å². The summed E-state index contributed by atoms with van der Waals surface area (Å²) in [5.74, 6) is -16.2. The zero-order chi connectivity index (χ0) is 96.7. The number of benzene rings is 4. The molecule has 0 radical (unpaired) electrons. The van der Waals surface area contributed by atoms with Gasteiger partial charge < -0.3 is 96.1 Å². The summed E-state index contributed by atoms with van der Waals surface area (Å²) in [6.45, 7) is 16.2. The van der Waals surface area contributed by atoms with E-state index in [0.717, 1.165) is 0 Å². The minimum Gasteiger partial charge on any atom is -0.481 e. The molecule has 1 aliphatic heterocycles. The number of aliphatic carboxylic acids is 2. The molecule has 6 aromatic rings. The van der Waals surface area contributed by atoms with Crippen LogP contribution in [0, 0.1) is 23.7 Å². The Hall–Kier alpha value is -13.4. The number of carbonyl (C=O) groups is 16. The Morgan fingerprint density at radius 2 is 0.614 bits per heavy atom. The number of aromatic nitrogens is 6. The molecule has 40 nitrogen and oxygen atoms in total. The third kappa shape index (κ3) is 35.1. The molecule has 0 aliphatic carbocycles. The topological polar surface area (TPSA) is 595 Å². The lowest BCUT2D eigenvalue weighted by Crippen LogP contribution is -2.61. The third-order valence-corrected chi connectivity index (χ3v) is 22.0. The normalized spacial score (nSPS) is 23.3. The van der Waals surface area contributed by atoms with Gasteiger partial charge in [0, 0.05) is 38.5 Å². The molecule has 1 aliphatic rings. The largest absolute Gasteiger partial charge is 0.481 e. The number of carbonyl (C=O) groups excluding carboxylic acids is 14. The number of hydrogen-bond acceptors (Lipinski definition) is 22. The van der Waals surface area contributed by atoms with E-state index in [4.69, 9.17) is 11.5 Å². The van der Waals surface area contributed by atoms with Crippen LogP contribution in [0.25, 0.3) is 0 Å². The van der Waals surface area contributed by atoms with E-state index in [0.29, 0.717) is 47.9 Å². The molecule has 132 heavy (non-hydrogen) atoms. The first-order valence-electron chi connectivity index (χ1n) is 44.9. The van der Waals surface area contributed by atoms with Crippen LogP contribution in [-0.4, -0.2) is 220 Å². The second kappa shape index (κ2) is 53.7. The second-order valence-corrected chi connectivity index (χ2v) is 34.7. The Bertz CT molecular complexity index is 4530. The van der Waals surface area contributed by atoms with Gasteiger partial charge in [-0.05, 0) is 137 Å². The smallest absolute Gasteiger partial charge is 0.303 e. The summed E-state index contributed by atoms with van der Waals surface area (Å²) in [6, 6.07) is 14.7. The molecule has 7 rings (SSSR count). The molecule has 2 aromatic heterocycles. The average Bonchev–Trinajstić information content (AvgIpc) is 1.55. The quantitative estimate of drug-likeness (QED) is 0.0306. The van der Waals surface area contributed by atoms with Crippen molar-refractivity contribution in [1.82, 2.24) is 104 Å². The molecule has 40 heteroatoms. The Kier molecular flexibility index (Phi) is 43.0. The van der Waals surface area contributed by atoms with E-state index in [2.05, 4.69) is 95.1 Å². The van der Waals surface area contributed by atoms with Crippen LogP contribution in [0.5, 0.6) is 0 Å². The summed E-state index contributed by atoms with van der Waals surface area (Å²) in [5, 5.41) is 74.6. The third-order valence-electron chi connectivity index (χ3n) is 22.0. The summed E-state index contributed by atoms with van der Waals surface area (Å²) < 4.78 is 2.46. The number of amides is 14. The predicted molar refractivity (Wildman–Crippen MR) is 485 cm³/mol. The van der Waals surface area contributed by atoms with Crippen LogP contribution in [0.1, 0.15) is 192 Å². The van der Waals surface area contributed by atoms with Gasteiger partial charge in [-0.15, -0.1) is 10.2 Å². The van der Waals surface area contributed by atoms with Crippen molar-refractivity contribution in [3.8, 4) is 0 Å². The van der Waals surface area contributed by atoms with Crippen LogP contribution in [0.3, 0.4) is 0 Å².